The van der Waals surface area contributed by atoms with Gasteiger partial charge in [-0.1, -0.05) is 54.3 Å². The Bertz CT molecular complexity index is 2000. The predicted octanol–water partition coefficient (Wildman–Crippen LogP) is 6.89. The molecule has 0 unspecified atom stereocenters. The number of methoxy groups -OCH3 is 2. The minimum atomic E-state index is -0.339. The molecule has 5 rings (SSSR count). The smallest absolute Gasteiger partial charge is 0.657 e. The minimum absolute atomic E-state index is 0. The van der Waals surface area contributed by atoms with Crippen LogP contribution >= 0.6 is 0 Å². The summed E-state index contributed by atoms with van der Waals surface area (Å²) < 4.78 is 9.88. The fourth-order valence-corrected chi connectivity index (χ4v) is 6.51. The van der Waals surface area contributed by atoms with Gasteiger partial charge in [0, 0.05) is 18.4 Å². The Hall–Kier alpha value is -4.27. The number of hydrogen-bond acceptors (Lipinski definition) is 7. The molecule has 3 aromatic rings. The number of allylic oxidation sites excluding steroid dienone is 4. The third kappa shape index (κ3) is 6.62. The number of ether oxygens (including phenoxy) is 2. The van der Waals surface area contributed by atoms with E-state index in [4.69, 9.17) is 29.4 Å². The molecule has 0 aromatic carbocycles. The fraction of sp³-hybridized carbons (Fsp3) is 0.378. The number of fused-ring (bicyclic) bond motifs is 8. The maximum absolute atomic E-state index is 12.9. The summed E-state index contributed by atoms with van der Waals surface area (Å²) in [4.78, 5) is 57.5. The molecule has 1 radical (unpaired) electrons. The first-order valence-corrected chi connectivity index (χ1v) is 15.7. The van der Waals surface area contributed by atoms with Gasteiger partial charge in [-0.15, -0.1) is 22.1 Å². The quantitative estimate of drug-likeness (QED) is 0.135. The maximum Gasteiger partial charge on any atom is 2.00 e. The number of rotatable bonds is 9. The molecule has 9 nitrogen and oxygen atoms in total. The largest absolute Gasteiger partial charge is 2.00 e. The van der Waals surface area contributed by atoms with Gasteiger partial charge in [-0.3, -0.25) is 14.4 Å². The number of aldehydes is 1. The molecule has 0 atom stereocenters. The van der Waals surface area contributed by atoms with E-state index in [2.05, 4.69) is 20.8 Å². The molecular weight excluding hydrogens is 644 g/mol. The second-order valence-electron chi connectivity index (χ2n) is 11.7. The van der Waals surface area contributed by atoms with Crippen molar-refractivity contribution in [1.29, 1.82) is 0 Å². The first kappa shape index (κ1) is 35.6. The van der Waals surface area contributed by atoms with Gasteiger partial charge in [0.2, 0.25) is 0 Å². The van der Waals surface area contributed by atoms with Gasteiger partial charge in [0.25, 0.3) is 0 Å². The van der Waals surface area contributed by atoms with Crippen molar-refractivity contribution in [3.05, 3.63) is 68.8 Å². The summed E-state index contributed by atoms with van der Waals surface area (Å²) in [6.07, 6.45) is 3.44. The molecule has 5 heterocycles. The SMILES string of the molecule is CCC1=C(C)c2cc3[n-]c(cc4nc(cc5[n-]c(c(C)c5CCC(=O)OC)c(C=O)c1n2)C(CCC(=O)OC)=C4C)c(C)c3CC.[Cu+2]. The average Bonchev–Trinajstić information content (AvgIpc) is 3.72. The molecule has 2 aliphatic heterocycles. The van der Waals surface area contributed by atoms with E-state index in [0.717, 1.165) is 79.7 Å². The van der Waals surface area contributed by atoms with Crippen LogP contribution in [0.15, 0.2) is 18.2 Å². The van der Waals surface area contributed by atoms with Crippen LogP contribution in [0.5, 0.6) is 0 Å². The van der Waals surface area contributed by atoms with Gasteiger partial charge >= 0.3 is 29.0 Å². The number of esters is 2. The van der Waals surface area contributed by atoms with Crippen LogP contribution < -0.4 is 9.97 Å². The second kappa shape index (κ2) is 14.7. The molecule has 47 heavy (non-hydrogen) atoms. The summed E-state index contributed by atoms with van der Waals surface area (Å²) in [5, 5.41) is 0. The summed E-state index contributed by atoms with van der Waals surface area (Å²) in [6.45, 7) is 12.2. The summed E-state index contributed by atoms with van der Waals surface area (Å²) in [7, 11) is 2.74. The third-order valence-corrected chi connectivity index (χ3v) is 9.25. The first-order chi connectivity index (χ1) is 22.1. The zero-order valence-corrected chi connectivity index (χ0v) is 29.1. The molecule has 0 aliphatic carbocycles. The molecule has 0 fully saturated rings. The van der Waals surface area contributed by atoms with Crippen molar-refractivity contribution in [2.75, 3.05) is 14.2 Å². The Kier molecular flexibility index (Phi) is 11.1. The van der Waals surface area contributed by atoms with Gasteiger partial charge in [0.15, 0.2) is 6.29 Å². The van der Waals surface area contributed by atoms with Gasteiger partial charge in [-0.25, -0.2) is 9.97 Å². The monoisotopic (exact) mass is 683 g/mol. The van der Waals surface area contributed by atoms with Crippen molar-refractivity contribution in [3.8, 4) is 0 Å². The summed E-state index contributed by atoms with van der Waals surface area (Å²) in [5.41, 5.74) is 13.7. The molecule has 0 saturated heterocycles. The van der Waals surface area contributed by atoms with Crippen molar-refractivity contribution >= 4 is 62.6 Å². The summed E-state index contributed by atoms with van der Waals surface area (Å²) >= 11 is 0. The maximum atomic E-state index is 12.9. The molecule has 0 amide bonds. The predicted molar refractivity (Wildman–Crippen MR) is 180 cm³/mol. The molecule has 3 aromatic heterocycles. The zero-order chi connectivity index (χ0) is 33.3. The molecule has 0 spiro atoms. The summed E-state index contributed by atoms with van der Waals surface area (Å²) in [6, 6.07) is 5.91. The van der Waals surface area contributed by atoms with E-state index >= 15 is 0 Å². The van der Waals surface area contributed by atoms with Gasteiger partial charge < -0.3 is 19.4 Å². The van der Waals surface area contributed by atoms with Gasteiger partial charge in [0.05, 0.1) is 37.0 Å². The molecule has 8 bridgehead atoms. The van der Waals surface area contributed by atoms with E-state index in [0.29, 0.717) is 47.2 Å². The van der Waals surface area contributed by atoms with Gasteiger partial charge in [-0.2, -0.15) is 0 Å². The molecule has 249 valence electrons. The van der Waals surface area contributed by atoms with Gasteiger partial charge in [0.1, 0.15) is 0 Å². The Balaban J connectivity index is 0.00000500. The Morgan fingerprint density at radius 1 is 0.723 bits per heavy atom. The number of aryl methyl sites for hydroxylation is 4. The average molecular weight is 684 g/mol. The second-order valence-corrected chi connectivity index (χ2v) is 11.7. The third-order valence-electron chi connectivity index (χ3n) is 9.25. The number of carbonyl (C=O) groups is 3. The Morgan fingerprint density at radius 3 is 1.91 bits per heavy atom. The van der Waals surface area contributed by atoms with E-state index in [1.165, 1.54) is 14.2 Å². The van der Waals surface area contributed by atoms with Crippen LogP contribution in [-0.4, -0.2) is 42.4 Å². The number of aromatic nitrogens is 4. The van der Waals surface area contributed by atoms with Crippen molar-refractivity contribution in [1.82, 2.24) is 19.9 Å². The molecule has 2 aliphatic rings. The molecule has 0 saturated carbocycles. The zero-order valence-electron chi connectivity index (χ0n) is 28.2. The van der Waals surface area contributed by atoms with Crippen LogP contribution in [0.3, 0.4) is 0 Å². The Morgan fingerprint density at radius 2 is 1.30 bits per heavy atom. The minimum Gasteiger partial charge on any atom is -0.657 e. The molecule has 10 heteroatoms. The number of hydrogen-bond donors (Lipinski definition) is 0. The first-order valence-electron chi connectivity index (χ1n) is 15.7. The van der Waals surface area contributed by atoms with Crippen LogP contribution in [-0.2, 0) is 49.0 Å². The van der Waals surface area contributed by atoms with E-state index in [-0.39, 0.29) is 41.8 Å². The van der Waals surface area contributed by atoms with Crippen LogP contribution in [0.1, 0.15) is 109 Å². The van der Waals surface area contributed by atoms with Crippen LogP contribution in [0.4, 0.5) is 0 Å². The topological polar surface area (TPSA) is 124 Å². The Labute approximate surface area is 285 Å². The molecule has 0 N–H and O–H groups in total. The summed E-state index contributed by atoms with van der Waals surface area (Å²) in [5.74, 6) is -0.650. The number of carbonyl (C=O) groups excluding carboxylic acids is 3. The number of nitrogens with zero attached hydrogens (tertiary/aromatic N) is 4. The van der Waals surface area contributed by atoms with Crippen LogP contribution in [0, 0.1) is 13.8 Å². The van der Waals surface area contributed by atoms with Crippen LogP contribution in [0.25, 0.3) is 44.4 Å². The molecular formula is C37H40CuN4O5. The standard InChI is InChI=1S/C37H41N4O5.Cu/c1-9-23-19(3)28-15-29-21(5)25(11-13-34(43)45-7)32(39-29)17-33-26(12-14-35(44)46-8)22(6)36(41-33)27(18-42)37-24(10-2)20(4)30(40-37)16-31(23)38-28;/h15-18H,9-14H2,1-8H3,(H-,38,39,40,41,42);/q-1;+2/p-1. The van der Waals surface area contributed by atoms with Crippen molar-refractivity contribution < 1.29 is 40.9 Å². The van der Waals surface area contributed by atoms with E-state index in [1.54, 1.807) is 0 Å². The van der Waals surface area contributed by atoms with Gasteiger partial charge in [-0.05, 0) is 75.7 Å². The van der Waals surface area contributed by atoms with Crippen molar-refractivity contribution in [2.45, 2.75) is 80.1 Å². The van der Waals surface area contributed by atoms with E-state index in [1.807, 2.05) is 39.0 Å². The normalized spacial score (nSPS) is 12.7. The fourth-order valence-electron chi connectivity index (χ4n) is 6.51. The van der Waals surface area contributed by atoms with E-state index < -0.39 is 0 Å². The van der Waals surface area contributed by atoms with Crippen molar-refractivity contribution in [2.24, 2.45) is 0 Å². The van der Waals surface area contributed by atoms with E-state index in [9.17, 15) is 14.4 Å². The van der Waals surface area contributed by atoms with Crippen LogP contribution in [0.2, 0.25) is 0 Å². The van der Waals surface area contributed by atoms with Crippen molar-refractivity contribution in [3.63, 3.8) is 0 Å².